The summed E-state index contributed by atoms with van der Waals surface area (Å²) in [6, 6.07) is 0.723. The lowest BCUT2D eigenvalue weighted by molar-refractivity contribution is -0.183. The van der Waals surface area contributed by atoms with Gasteiger partial charge < -0.3 is 14.4 Å². The van der Waals surface area contributed by atoms with Gasteiger partial charge in [-0.15, -0.1) is 0 Å². The van der Waals surface area contributed by atoms with E-state index >= 15 is 0 Å². The molecule has 0 aromatic heterocycles. The molecule has 3 heteroatoms. The number of nitrogens with zero attached hydrogens (tertiary/aromatic N) is 1. The minimum absolute atomic E-state index is 0.199. The Morgan fingerprint density at radius 3 is 2.25 bits per heavy atom. The smallest absolute Gasteiger partial charge is 0.168 e. The van der Waals surface area contributed by atoms with E-state index in [1.807, 2.05) is 0 Å². The van der Waals surface area contributed by atoms with Crippen molar-refractivity contribution in [2.75, 3.05) is 26.8 Å². The summed E-state index contributed by atoms with van der Waals surface area (Å²) in [5.41, 5.74) is 0. The van der Waals surface area contributed by atoms with Crippen LogP contribution in [0, 0.1) is 5.92 Å². The molecule has 3 nitrogen and oxygen atoms in total. The number of hydrogen-bond donors (Lipinski definition) is 0. The summed E-state index contributed by atoms with van der Waals surface area (Å²) in [6.45, 7) is 7.33. The molecule has 0 N–H and O–H groups in total. The molecule has 1 heterocycles. The van der Waals surface area contributed by atoms with E-state index in [2.05, 4.69) is 25.8 Å². The van der Waals surface area contributed by atoms with E-state index in [9.17, 15) is 0 Å². The molecular weight excluding hydrogens is 202 g/mol. The lowest BCUT2D eigenvalue weighted by atomic mass is 9.89. The molecule has 0 radical (unpaired) electrons. The molecule has 2 rings (SSSR count). The molecule has 0 bridgehead atoms. The molecule has 1 saturated carbocycles. The summed E-state index contributed by atoms with van der Waals surface area (Å²) >= 11 is 0. The monoisotopic (exact) mass is 227 g/mol. The summed E-state index contributed by atoms with van der Waals surface area (Å²) in [4.78, 5) is 2.51. The van der Waals surface area contributed by atoms with Gasteiger partial charge in [-0.2, -0.15) is 0 Å². The van der Waals surface area contributed by atoms with E-state index in [0.717, 1.165) is 38.0 Å². The Balaban J connectivity index is 1.80. The zero-order valence-corrected chi connectivity index (χ0v) is 10.9. The summed E-state index contributed by atoms with van der Waals surface area (Å²) in [5.74, 6) is 0.551. The van der Waals surface area contributed by atoms with Gasteiger partial charge in [-0.1, -0.05) is 13.8 Å². The van der Waals surface area contributed by atoms with Gasteiger partial charge in [-0.25, -0.2) is 0 Å². The van der Waals surface area contributed by atoms with Crippen molar-refractivity contribution in [3.8, 4) is 0 Å². The second-order valence-corrected chi connectivity index (χ2v) is 5.67. The van der Waals surface area contributed by atoms with E-state index < -0.39 is 0 Å². The van der Waals surface area contributed by atoms with E-state index in [-0.39, 0.29) is 5.79 Å². The third kappa shape index (κ3) is 2.76. The zero-order valence-electron chi connectivity index (χ0n) is 10.9. The highest BCUT2D eigenvalue weighted by Crippen LogP contribution is 2.37. The highest BCUT2D eigenvalue weighted by molar-refractivity contribution is 4.86. The molecule has 1 aliphatic carbocycles. The fraction of sp³-hybridized carbons (Fsp3) is 1.00. The molecule has 2 fully saturated rings. The first-order valence-corrected chi connectivity index (χ1v) is 6.59. The van der Waals surface area contributed by atoms with Crippen LogP contribution in [0.1, 0.15) is 39.5 Å². The van der Waals surface area contributed by atoms with Crippen LogP contribution in [0.25, 0.3) is 0 Å². The second-order valence-electron chi connectivity index (χ2n) is 5.67. The van der Waals surface area contributed by atoms with Crippen molar-refractivity contribution >= 4 is 0 Å². The predicted molar refractivity (Wildman–Crippen MR) is 64.4 cm³/mol. The highest BCUT2D eigenvalue weighted by atomic mass is 16.7. The van der Waals surface area contributed by atoms with Gasteiger partial charge in [0.15, 0.2) is 5.79 Å². The van der Waals surface area contributed by atoms with Crippen LogP contribution in [-0.4, -0.2) is 43.5 Å². The van der Waals surface area contributed by atoms with Crippen LogP contribution in [0.4, 0.5) is 0 Å². The molecule has 1 spiro atoms. The Hall–Kier alpha value is -0.120. The normalized spacial score (nSPS) is 26.1. The van der Waals surface area contributed by atoms with Crippen molar-refractivity contribution in [3.05, 3.63) is 0 Å². The molecule has 0 atom stereocenters. The Morgan fingerprint density at radius 1 is 1.19 bits per heavy atom. The van der Waals surface area contributed by atoms with Crippen LogP contribution < -0.4 is 0 Å². The van der Waals surface area contributed by atoms with Crippen molar-refractivity contribution in [2.45, 2.75) is 51.4 Å². The van der Waals surface area contributed by atoms with E-state index in [4.69, 9.17) is 9.47 Å². The lowest BCUT2D eigenvalue weighted by Crippen LogP contribution is -2.43. The van der Waals surface area contributed by atoms with Crippen molar-refractivity contribution in [1.82, 2.24) is 4.90 Å². The van der Waals surface area contributed by atoms with E-state index in [0.29, 0.717) is 0 Å². The molecule has 94 valence electrons. The minimum atomic E-state index is -0.199. The molecule has 0 unspecified atom stereocenters. The first-order valence-electron chi connectivity index (χ1n) is 6.59. The van der Waals surface area contributed by atoms with Crippen molar-refractivity contribution in [3.63, 3.8) is 0 Å². The standard InChI is InChI=1S/C13H25NO2/c1-11(2)10-14(3)12-4-6-13(7-5-12)15-8-9-16-13/h11-12H,4-10H2,1-3H3. The molecule has 1 aliphatic heterocycles. The van der Waals surface area contributed by atoms with Gasteiger partial charge in [0, 0.05) is 25.4 Å². The topological polar surface area (TPSA) is 21.7 Å². The molecule has 2 aliphatic rings. The van der Waals surface area contributed by atoms with Crippen LogP contribution in [0.5, 0.6) is 0 Å². The number of ether oxygens (including phenoxy) is 2. The van der Waals surface area contributed by atoms with Crippen molar-refractivity contribution < 1.29 is 9.47 Å². The van der Waals surface area contributed by atoms with Gasteiger partial charge in [0.2, 0.25) is 0 Å². The highest BCUT2D eigenvalue weighted by Gasteiger charge is 2.40. The quantitative estimate of drug-likeness (QED) is 0.738. The van der Waals surface area contributed by atoms with Gasteiger partial charge in [-0.3, -0.25) is 0 Å². The van der Waals surface area contributed by atoms with Gasteiger partial charge in [0.05, 0.1) is 13.2 Å². The van der Waals surface area contributed by atoms with E-state index in [1.54, 1.807) is 0 Å². The fourth-order valence-electron chi connectivity index (χ4n) is 2.99. The maximum absolute atomic E-state index is 5.75. The number of hydrogen-bond acceptors (Lipinski definition) is 3. The van der Waals surface area contributed by atoms with Crippen LogP contribution in [-0.2, 0) is 9.47 Å². The van der Waals surface area contributed by atoms with E-state index in [1.165, 1.54) is 19.4 Å². The first kappa shape index (κ1) is 12.3. The van der Waals surface area contributed by atoms with Crippen LogP contribution in [0.2, 0.25) is 0 Å². The summed E-state index contributed by atoms with van der Waals surface area (Å²) in [6.07, 6.45) is 4.56. The summed E-state index contributed by atoms with van der Waals surface area (Å²) in [7, 11) is 2.25. The zero-order chi connectivity index (χ0) is 11.6. The Labute approximate surface area is 99.1 Å². The predicted octanol–water partition coefficient (Wildman–Crippen LogP) is 2.26. The van der Waals surface area contributed by atoms with Crippen LogP contribution in [0.15, 0.2) is 0 Å². The molecule has 1 saturated heterocycles. The van der Waals surface area contributed by atoms with Crippen molar-refractivity contribution in [2.24, 2.45) is 5.92 Å². The Kier molecular flexibility index (Phi) is 3.88. The molecule has 0 aromatic rings. The van der Waals surface area contributed by atoms with Gasteiger partial charge in [0.25, 0.3) is 0 Å². The molecular formula is C13H25NO2. The Bertz CT molecular complexity index is 214. The largest absolute Gasteiger partial charge is 0.348 e. The van der Waals surface area contributed by atoms with Crippen LogP contribution >= 0.6 is 0 Å². The number of rotatable bonds is 3. The average Bonchev–Trinajstić information content (AvgIpc) is 2.66. The minimum Gasteiger partial charge on any atom is -0.348 e. The molecule has 0 aromatic carbocycles. The molecule has 16 heavy (non-hydrogen) atoms. The SMILES string of the molecule is CC(C)CN(C)C1CCC2(CC1)OCCO2. The Morgan fingerprint density at radius 2 is 1.75 bits per heavy atom. The molecule has 0 amide bonds. The van der Waals surface area contributed by atoms with Crippen LogP contribution in [0.3, 0.4) is 0 Å². The first-order chi connectivity index (χ1) is 7.61. The lowest BCUT2D eigenvalue weighted by Gasteiger charge is -2.39. The maximum Gasteiger partial charge on any atom is 0.168 e. The fourth-order valence-corrected chi connectivity index (χ4v) is 2.99. The van der Waals surface area contributed by atoms with Gasteiger partial charge in [0.1, 0.15) is 0 Å². The van der Waals surface area contributed by atoms with Crippen molar-refractivity contribution in [1.29, 1.82) is 0 Å². The summed E-state index contributed by atoms with van der Waals surface area (Å²) < 4.78 is 11.5. The van der Waals surface area contributed by atoms with Gasteiger partial charge >= 0.3 is 0 Å². The third-order valence-corrected chi connectivity index (χ3v) is 3.81. The second kappa shape index (κ2) is 5.03. The third-order valence-electron chi connectivity index (χ3n) is 3.81. The summed E-state index contributed by atoms with van der Waals surface area (Å²) in [5, 5.41) is 0. The average molecular weight is 227 g/mol. The maximum atomic E-state index is 5.75. The van der Waals surface area contributed by atoms with Gasteiger partial charge in [-0.05, 0) is 25.8 Å².